The van der Waals surface area contributed by atoms with E-state index in [1.807, 2.05) is 13.0 Å². The average Bonchev–Trinajstić information content (AvgIpc) is 3.54. The van der Waals surface area contributed by atoms with Gasteiger partial charge in [0.25, 0.3) is 12.4 Å². The number of carbonyl (C=O) groups excluding carboxylic acids is 2. The molecule has 2 aromatic carbocycles. The second-order valence-electron chi connectivity index (χ2n) is 10.4. The number of aryl methyl sites for hydroxylation is 1. The number of ether oxygens (including phenoxy) is 1. The summed E-state index contributed by atoms with van der Waals surface area (Å²) in [6.45, 7) is 2.19. The van der Waals surface area contributed by atoms with Crippen LogP contribution in [0.2, 0.25) is 5.02 Å². The maximum Gasteiger partial charge on any atom is 0.290 e. The molecule has 0 aliphatic carbocycles. The molecular weight excluding hydrogens is 673 g/mol. The number of guanidine groups is 1. The van der Waals surface area contributed by atoms with E-state index < -0.39 is 11.9 Å². The number of aliphatic imine (C=N–C) groups is 1. The third-order valence-electron chi connectivity index (χ3n) is 7.05. The van der Waals surface area contributed by atoms with Gasteiger partial charge in [0, 0.05) is 48.8 Å². The smallest absolute Gasteiger partial charge is 0.290 e. The van der Waals surface area contributed by atoms with Gasteiger partial charge < -0.3 is 43.0 Å². The summed E-state index contributed by atoms with van der Waals surface area (Å²) in [4.78, 5) is 46.3. The number of nitrogens with zero attached hydrogens (tertiary/aromatic N) is 5. The standard InChI is InChI=1S/C31H35ClFN11O3.CH2O2/c1-2-18-16-19(5-6-20(18)29(45)39-11-12-40-30(46)22(35)4-3-10-41-31(36)37)43-27-28-42-17-23(44(28)14-13-38-27)21-7-8-24(47-15-9-34)26(33)25(21)32;2-1-3/h5-8,13-14,16-17,22H,2-4,10-12,15,35H2,1H3,(H,38,43)(H,39,45)(H,40,46)(H4,36,37,41);1H,(H,2,3)/t22-;/m1./s1. The number of halogens is 2. The van der Waals surface area contributed by atoms with Crippen LogP contribution in [0.25, 0.3) is 16.9 Å². The van der Waals surface area contributed by atoms with Crippen molar-refractivity contribution in [3.63, 3.8) is 0 Å². The van der Waals surface area contributed by atoms with Gasteiger partial charge in [0.2, 0.25) is 5.91 Å². The fourth-order valence-corrected chi connectivity index (χ4v) is 4.97. The number of benzene rings is 2. The Kier molecular flexibility index (Phi) is 14.7. The fourth-order valence-electron chi connectivity index (χ4n) is 4.72. The number of carbonyl (C=O) groups is 3. The van der Waals surface area contributed by atoms with Crippen LogP contribution in [0.3, 0.4) is 0 Å². The summed E-state index contributed by atoms with van der Waals surface area (Å²) < 4.78 is 21.7. The molecule has 0 spiro atoms. The molecule has 18 heteroatoms. The molecular formula is C32H37ClFN11O5. The third-order valence-corrected chi connectivity index (χ3v) is 7.42. The molecule has 0 aliphatic rings. The number of carboxylic acid groups (broad SMARTS) is 1. The van der Waals surface area contributed by atoms with Crippen molar-refractivity contribution in [3.8, 4) is 23.1 Å². The maximum atomic E-state index is 14.8. The van der Waals surface area contributed by atoms with Crippen molar-refractivity contribution < 1.29 is 28.6 Å². The van der Waals surface area contributed by atoms with Crippen LogP contribution in [0.1, 0.15) is 35.7 Å². The van der Waals surface area contributed by atoms with Crippen LogP contribution >= 0.6 is 11.6 Å². The molecule has 2 amide bonds. The Balaban J connectivity index is 0.00000217. The molecule has 10 N–H and O–H groups in total. The lowest BCUT2D eigenvalue weighted by Gasteiger charge is -2.14. The highest BCUT2D eigenvalue weighted by Crippen LogP contribution is 2.36. The number of imidazole rings is 1. The Morgan fingerprint density at radius 1 is 1.22 bits per heavy atom. The SMILES string of the molecule is CCc1cc(Nc2nccn3c(-c4ccc(OCC#N)c(F)c4Cl)cnc23)ccc1C(=O)NCCNC(=O)[C@H](N)CCCN=C(N)N.O=CO. The number of hydrogen-bond acceptors (Lipinski definition) is 10. The number of hydrogen-bond donors (Lipinski definition) is 7. The molecule has 264 valence electrons. The summed E-state index contributed by atoms with van der Waals surface area (Å²) in [6, 6.07) is 9.39. The minimum atomic E-state index is -0.778. The van der Waals surface area contributed by atoms with E-state index >= 15 is 0 Å². The molecule has 1 atom stereocenters. The van der Waals surface area contributed by atoms with E-state index in [0.29, 0.717) is 59.8 Å². The minimum Gasteiger partial charge on any atom is -0.483 e. The van der Waals surface area contributed by atoms with Gasteiger partial charge in [-0.25, -0.2) is 14.4 Å². The topological polar surface area (TPSA) is 261 Å². The zero-order valence-corrected chi connectivity index (χ0v) is 27.8. The van der Waals surface area contributed by atoms with Crippen molar-refractivity contribution in [2.24, 2.45) is 22.2 Å². The second kappa shape index (κ2) is 19.1. The van der Waals surface area contributed by atoms with E-state index in [1.165, 1.54) is 6.07 Å². The summed E-state index contributed by atoms with van der Waals surface area (Å²) >= 11 is 6.33. The number of nitriles is 1. The second-order valence-corrected chi connectivity index (χ2v) is 10.7. The van der Waals surface area contributed by atoms with Crippen LogP contribution in [-0.2, 0) is 16.0 Å². The lowest BCUT2D eigenvalue weighted by atomic mass is 10.0. The number of nitrogens with two attached hydrogens (primary N) is 3. The minimum absolute atomic E-state index is 0.00976. The Bertz CT molecular complexity index is 1880. The summed E-state index contributed by atoms with van der Waals surface area (Å²) in [5, 5.41) is 24.2. The highest BCUT2D eigenvalue weighted by Gasteiger charge is 2.19. The normalized spacial score (nSPS) is 10.9. The van der Waals surface area contributed by atoms with Gasteiger partial charge in [-0.3, -0.25) is 23.8 Å². The van der Waals surface area contributed by atoms with Crippen LogP contribution in [0.5, 0.6) is 5.75 Å². The number of anilines is 2. The molecule has 0 bridgehead atoms. The molecule has 0 saturated heterocycles. The first-order valence-electron chi connectivity index (χ1n) is 15.2. The number of amides is 2. The fraction of sp³-hybridized carbons (Fsp3) is 0.281. The van der Waals surface area contributed by atoms with E-state index in [4.69, 9.17) is 48.7 Å². The molecule has 0 saturated carbocycles. The maximum absolute atomic E-state index is 14.8. The Labute approximate surface area is 291 Å². The lowest BCUT2D eigenvalue weighted by molar-refractivity contribution is -0.123. The molecule has 0 aliphatic heterocycles. The van der Waals surface area contributed by atoms with Crippen molar-refractivity contribution in [3.05, 3.63) is 70.9 Å². The monoisotopic (exact) mass is 709 g/mol. The molecule has 16 nitrogen and oxygen atoms in total. The van der Waals surface area contributed by atoms with Crippen LogP contribution in [0.15, 0.2) is 53.9 Å². The van der Waals surface area contributed by atoms with Gasteiger partial charge in [-0.2, -0.15) is 5.26 Å². The first-order valence-corrected chi connectivity index (χ1v) is 15.6. The molecule has 50 heavy (non-hydrogen) atoms. The first-order chi connectivity index (χ1) is 24.1. The lowest BCUT2D eigenvalue weighted by Crippen LogP contribution is -2.43. The molecule has 4 aromatic rings. The molecule has 4 rings (SSSR count). The summed E-state index contributed by atoms with van der Waals surface area (Å²) in [7, 11) is 0. The molecule has 2 aromatic heterocycles. The molecule has 2 heterocycles. The summed E-state index contributed by atoms with van der Waals surface area (Å²) in [5.41, 5.74) is 19.8. The largest absolute Gasteiger partial charge is 0.483 e. The van der Waals surface area contributed by atoms with E-state index in [1.54, 1.807) is 47.3 Å². The third kappa shape index (κ3) is 10.3. The predicted molar refractivity (Wildman–Crippen MR) is 186 cm³/mol. The quantitative estimate of drug-likeness (QED) is 0.0406. The molecule has 0 fully saturated rings. The average molecular weight is 710 g/mol. The Morgan fingerprint density at radius 3 is 2.66 bits per heavy atom. The van der Waals surface area contributed by atoms with E-state index in [0.717, 1.165) is 5.56 Å². The van der Waals surface area contributed by atoms with Crippen LogP contribution in [0.4, 0.5) is 15.9 Å². The summed E-state index contributed by atoms with van der Waals surface area (Å²) in [5.74, 6) is -1.09. The van der Waals surface area contributed by atoms with Gasteiger partial charge in [0.15, 0.2) is 35.6 Å². The Hall–Kier alpha value is -5.99. The van der Waals surface area contributed by atoms with Crippen molar-refractivity contribution in [2.75, 3.05) is 31.6 Å². The van der Waals surface area contributed by atoms with Crippen LogP contribution in [-0.4, -0.2) is 76.0 Å². The number of fused-ring (bicyclic) bond motifs is 1. The summed E-state index contributed by atoms with van der Waals surface area (Å²) in [6.07, 6.45) is 6.35. The highest BCUT2D eigenvalue weighted by atomic mass is 35.5. The van der Waals surface area contributed by atoms with Crippen molar-refractivity contribution in [2.45, 2.75) is 32.2 Å². The number of rotatable bonds is 15. The zero-order chi connectivity index (χ0) is 36.6. The molecule has 0 unspecified atom stereocenters. The highest BCUT2D eigenvalue weighted by molar-refractivity contribution is 6.33. The van der Waals surface area contributed by atoms with Crippen LogP contribution < -0.4 is 37.9 Å². The molecule has 0 radical (unpaired) electrons. The van der Waals surface area contributed by atoms with Gasteiger partial charge >= 0.3 is 0 Å². The van der Waals surface area contributed by atoms with E-state index in [9.17, 15) is 14.0 Å². The number of aromatic nitrogens is 3. The van der Waals surface area contributed by atoms with Crippen molar-refractivity contribution >= 4 is 53.0 Å². The van der Waals surface area contributed by atoms with Crippen molar-refractivity contribution in [1.29, 1.82) is 5.26 Å². The van der Waals surface area contributed by atoms with Gasteiger partial charge in [0.1, 0.15) is 6.07 Å². The van der Waals surface area contributed by atoms with Gasteiger partial charge in [-0.05, 0) is 55.2 Å². The van der Waals surface area contributed by atoms with Gasteiger partial charge in [-0.15, -0.1) is 0 Å². The van der Waals surface area contributed by atoms with E-state index in [2.05, 4.69) is 30.9 Å². The first kappa shape index (κ1) is 38.5. The van der Waals surface area contributed by atoms with Gasteiger partial charge in [0.05, 0.1) is 23.0 Å². The Morgan fingerprint density at radius 2 is 1.96 bits per heavy atom. The van der Waals surface area contributed by atoms with E-state index in [-0.39, 0.29) is 54.7 Å². The van der Waals surface area contributed by atoms with Crippen molar-refractivity contribution in [1.82, 2.24) is 25.0 Å². The number of nitrogens with one attached hydrogen (secondary N) is 3. The zero-order valence-electron chi connectivity index (χ0n) is 27.0. The van der Waals surface area contributed by atoms with Crippen LogP contribution in [0, 0.1) is 17.1 Å². The predicted octanol–water partition coefficient (Wildman–Crippen LogP) is 2.32. The van der Waals surface area contributed by atoms with Gasteiger partial charge in [-0.1, -0.05) is 18.5 Å².